The van der Waals surface area contributed by atoms with Crippen molar-refractivity contribution in [3.05, 3.63) is 36.7 Å². The topological polar surface area (TPSA) is 61.0 Å². The van der Waals surface area contributed by atoms with Gasteiger partial charge in [0.15, 0.2) is 0 Å². The number of pyridine rings is 1. The summed E-state index contributed by atoms with van der Waals surface area (Å²) < 4.78 is 27.2. The predicted molar refractivity (Wildman–Crippen MR) is 96.4 cm³/mol. The van der Waals surface area contributed by atoms with Gasteiger partial charge in [-0.05, 0) is 37.5 Å². The van der Waals surface area contributed by atoms with Gasteiger partial charge in [-0.1, -0.05) is 6.58 Å². The molecule has 2 aromatic rings. The third-order valence-electron chi connectivity index (χ3n) is 5.50. The van der Waals surface area contributed by atoms with Crippen LogP contribution in [0, 0.1) is 0 Å². The number of hydrogen-bond acceptors (Lipinski definition) is 3. The number of H-pyrrole nitrogens is 1. The van der Waals surface area contributed by atoms with Crippen LogP contribution in [0.2, 0.25) is 0 Å². The minimum absolute atomic E-state index is 0.0585. The van der Waals surface area contributed by atoms with Gasteiger partial charge in [0.2, 0.25) is 5.91 Å². The molecule has 1 aliphatic heterocycles. The molecule has 5 nitrogen and oxygen atoms in total. The summed E-state index contributed by atoms with van der Waals surface area (Å²) in [4.78, 5) is 21.1. The molecule has 0 unspecified atom stereocenters. The number of carbonyl (C=O) groups is 1. The fourth-order valence-corrected chi connectivity index (χ4v) is 3.90. The van der Waals surface area contributed by atoms with Crippen LogP contribution < -0.4 is 5.32 Å². The third kappa shape index (κ3) is 2.85. The highest BCUT2D eigenvalue weighted by Gasteiger charge is 2.58. The summed E-state index contributed by atoms with van der Waals surface area (Å²) in [5.41, 5.74) is 2.01. The molecule has 0 bridgehead atoms. The molecule has 0 aromatic carbocycles. The van der Waals surface area contributed by atoms with E-state index in [1.54, 1.807) is 17.3 Å². The number of hydrogen-bond donors (Lipinski definition) is 2. The summed E-state index contributed by atoms with van der Waals surface area (Å²) in [6, 6.07) is 2.05. The molecule has 4 rings (SSSR count). The zero-order valence-corrected chi connectivity index (χ0v) is 14.6. The second-order valence-corrected chi connectivity index (χ2v) is 7.31. The van der Waals surface area contributed by atoms with Gasteiger partial charge in [-0.2, -0.15) is 0 Å². The lowest BCUT2D eigenvalue weighted by Gasteiger charge is -2.38. The van der Waals surface area contributed by atoms with E-state index in [4.69, 9.17) is 0 Å². The van der Waals surface area contributed by atoms with Gasteiger partial charge in [-0.3, -0.25) is 4.79 Å². The number of likely N-dealkylation sites (tertiary alicyclic amines) is 1. The first kappa shape index (κ1) is 17.0. The summed E-state index contributed by atoms with van der Waals surface area (Å²) in [5, 5.41) is 4.19. The van der Waals surface area contributed by atoms with Crippen molar-refractivity contribution in [3.63, 3.8) is 0 Å². The molecule has 2 N–H and O–H groups in total. The molecule has 1 aliphatic carbocycles. The highest BCUT2D eigenvalue weighted by atomic mass is 19.3. The van der Waals surface area contributed by atoms with E-state index in [1.807, 2.05) is 13.0 Å². The SMILES string of the molecule is C=CC(=O)N1C[C@H](Nc2ccnc3[nH]cc([C@@H]4CC4(F)F)c23)CC[C@@H]1C. The van der Waals surface area contributed by atoms with Gasteiger partial charge < -0.3 is 15.2 Å². The number of amides is 1. The summed E-state index contributed by atoms with van der Waals surface area (Å²) in [6.07, 6.45) is 6.32. The Labute approximate surface area is 150 Å². The average molecular weight is 360 g/mol. The van der Waals surface area contributed by atoms with Crippen molar-refractivity contribution in [2.75, 3.05) is 11.9 Å². The molecule has 1 saturated heterocycles. The molecular formula is C19H22F2N4O. The molecule has 2 fully saturated rings. The van der Waals surface area contributed by atoms with Crippen LogP contribution in [0.4, 0.5) is 14.5 Å². The fourth-order valence-electron chi connectivity index (χ4n) is 3.90. The largest absolute Gasteiger partial charge is 0.380 e. The van der Waals surface area contributed by atoms with Crippen molar-refractivity contribution in [2.45, 2.75) is 50.1 Å². The normalized spacial score (nSPS) is 27.3. The van der Waals surface area contributed by atoms with E-state index in [9.17, 15) is 13.6 Å². The molecular weight excluding hydrogens is 338 g/mol. The Bertz CT molecular complexity index is 862. The zero-order valence-electron chi connectivity index (χ0n) is 14.6. The molecule has 26 heavy (non-hydrogen) atoms. The Morgan fingerprint density at radius 3 is 2.96 bits per heavy atom. The molecule has 138 valence electrons. The highest BCUT2D eigenvalue weighted by molar-refractivity contribution is 5.93. The van der Waals surface area contributed by atoms with Crippen LogP contribution in [-0.4, -0.2) is 45.3 Å². The number of aromatic nitrogens is 2. The van der Waals surface area contributed by atoms with E-state index in [0.29, 0.717) is 17.8 Å². The number of alkyl halides is 2. The van der Waals surface area contributed by atoms with Crippen molar-refractivity contribution < 1.29 is 13.6 Å². The standard InChI is InChI=1S/C19H22F2N4O/c1-3-16(26)25-10-12(5-4-11(25)2)24-15-6-7-22-18-17(15)13(9-23-18)14-8-19(14,20)21/h3,6-7,9,11-12,14H,1,4-5,8,10H2,2H3,(H2,22,23,24)/t11-,12+,14-/m0/s1. The molecule has 2 aliphatic rings. The summed E-state index contributed by atoms with van der Waals surface area (Å²) in [7, 11) is 0. The van der Waals surface area contributed by atoms with Crippen LogP contribution >= 0.6 is 0 Å². The van der Waals surface area contributed by atoms with Gasteiger partial charge in [0.1, 0.15) is 5.65 Å². The van der Waals surface area contributed by atoms with Gasteiger partial charge in [0, 0.05) is 48.5 Å². The van der Waals surface area contributed by atoms with Gasteiger partial charge in [-0.15, -0.1) is 0 Å². The lowest BCUT2D eigenvalue weighted by molar-refractivity contribution is -0.129. The second-order valence-electron chi connectivity index (χ2n) is 7.31. The van der Waals surface area contributed by atoms with Crippen LogP contribution in [0.5, 0.6) is 0 Å². The Morgan fingerprint density at radius 2 is 2.27 bits per heavy atom. The third-order valence-corrected chi connectivity index (χ3v) is 5.50. The predicted octanol–water partition coefficient (Wildman–Crippen LogP) is 3.66. The Hall–Kier alpha value is -2.44. The van der Waals surface area contributed by atoms with Crippen molar-refractivity contribution in [1.29, 1.82) is 0 Å². The monoisotopic (exact) mass is 360 g/mol. The lowest BCUT2D eigenvalue weighted by Crippen LogP contribution is -2.49. The van der Waals surface area contributed by atoms with Crippen LogP contribution in [0.1, 0.15) is 37.7 Å². The van der Waals surface area contributed by atoms with Crippen LogP contribution in [0.25, 0.3) is 11.0 Å². The fraction of sp³-hybridized carbons (Fsp3) is 0.474. The first-order valence-corrected chi connectivity index (χ1v) is 8.94. The molecule has 1 amide bonds. The minimum atomic E-state index is -2.63. The van der Waals surface area contributed by atoms with Gasteiger partial charge in [0.05, 0.1) is 5.92 Å². The van der Waals surface area contributed by atoms with E-state index in [0.717, 1.165) is 23.9 Å². The molecule has 1 saturated carbocycles. The van der Waals surface area contributed by atoms with Crippen LogP contribution in [0.15, 0.2) is 31.1 Å². The number of piperidine rings is 1. The smallest absolute Gasteiger partial charge is 0.256 e. The van der Waals surface area contributed by atoms with Crippen molar-refractivity contribution in [3.8, 4) is 0 Å². The Morgan fingerprint density at radius 1 is 1.50 bits per heavy atom. The van der Waals surface area contributed by atoms with Crippen LogP contribution in [-0.2, 0) is 4.79 Å². The van der Waals surface area contributed by atoms with Crippen molar-refractivity contribution >= 4 is 22.6 Å². The van der Waals surface area contributed by atoms with E-state index in [1.165, 1.54) is 6.08 Å². The minimum Gasteiger partial charge on any atom is -0.380 e. The number of carbonyl (C=O) groups excluding carboxylic acids is 1. The summed E-state index contributed by atoms with van der Waals surface area (Å²) in [5.74, 6) is -3.45. The van der Waals surface area contributed by atoms with E-state index < -0.39 is 11.8 Å². The number of aromatic amines is 1. The molecule has 0 spiro atoms. The number of rotatable bonds is 4. The lowest BCUT2D eigenvalue weighted by atomic mass is 9.98. The van der Waals surface area contributed by atoms with E-state index in [-0.39, 0.29) is 24.4 Å². The Balaban J connectivity index is 1.60. The maximum atomic E-state index is 13.6. The Kier molecular flexibility index (Phi) is 3.97. The second kappa shape index (κ2) is 6.07. The maximum Gasteiger partial charge on any atom is 0.256 e. The molecule has 7 heteroatoms. The molecule has 3 atom stereocenters. The summed E-state index contributed by atoms with van der Waals surface area (Å²) >= 11 is 0. The zero-order chi connectivity index (χ0) is 18.5. The number of anilines is 1. The highest BCUT2D eigenvalue weighted by Crippen LogP contribution is 2.57. The number of nitrogens with one attached hydrogen (secondary N) is 2. The van der Waals surface area contributed by atoms with Gasteiger partial charge in [0.25, 0.3) is 5.92 Å². The number of nitrogens with zero attached hydrogens (tertiary/aromatic N) is 2. The average Bonchev–Trinajstić information content (AvgIpc) is 3.05. The first-order valence-electron chi connectivity index (χ1n) is 8.94. The van der Waals surface area contributed by atoms with E-state index >= 15 is 0 Å². The van der Waals surface area contributed by atoms with Gasteiger partial charge >= 0.3 is 0 Å². The van der Waals surface area contributed by atoms with Crippen molar-refractivity contribution in [2.24, 2.45) is 0 Å². The summed E-state index contributed by atoms with van der Waals surface area (Å²) in [6.45, 7) is 6.16. The van der Waals surface area contributed by atoms with Gasteiger partial charge in [-0.25, -0.2) is 13.8 Å². The maximum absolute atomic E-state index is 13.6. The van der Waals surface area contributed by atoms with Crippen LogP contribution in [0.3, 0.4) is 0 Å². The number of halogens is 2. The first-order chi connectivity index (χ1) is 12.4. The molecule has 0 radical (unpaired) electrons. The quantitative estimate of drug-likeness (QED) is 0.818. The van der Waals surface area contributed by atoms with Crippen molar-refractivity contribution in [1.82, 2.24) is 14.9 Å². The molecule has 3 heterocycles. The number of fused-ring (bicyclic) bond motifs is 1. The molecule has 2 aromatic heterocycles. The van der Waals surface area contributed by atoms with E-state index in [2.05, 4.69) is 21.9 Å².